The molecule has 0 aliphatic carbocycles. The van der Waals surface area contributed by atoms with Crippen LogP contribution in [0.2, 0.25) is 0 Å². The molecule has 3 aliphatic rings. The van der Waals surface area contributed by atoms with Gasteiger partial charge in [-0.3, -0.25) is 24.2 Å². The van der Waals surface area contributed by atoms with Crippen LogP contribution >= 0.6 is 0 Å². The summed E-state index contributed by atoms with van der Waals surface area (Å²) in [5, 5.41) is 6.83. The monoisotopic (exact) mass is 550 g/mol. The van der Waals surface area contributed by atoms with Gasteiger partial charge in [0.15, 0.2) is 6.10 Å². The summed E-state index contributed by atoms with van der Waals surface area (Å²) >= 11 is 0. The van der Waals surface area contributed by atoms with Crippen LogP contribution < -0.4 is 20.8 Å². The Balaban J connectivity index is 1.63. The molecule has 10 heteroatoms. The van der Waals surface area contributed by atoms with Gasteiger partial charge in [0.05, 0.1) is 0 Å². The summed E-state index contributed by atoms with van der Waals surface area (Å²) in [6.45, 7) is 9.01. The number of nitrogens with zero attached hydrogens (tertiary/aromatic N) is 1. The lowest BCUT2D eigenvalue weighted by Crippen LogP contribution is -2.61. The van der Waals surface area contributed by atoms with Crippen LogP contribution in [0.3, 0.4) is 0 Å². The first-order valence-corrected chi connectivity index (χ1v) is 13.8. The summed E-state index contributed by atoms with van der Waals surface area (Å²) in [7, 11) is 0. The molecule has 214 valence electrons. The van der Waals surface area contributed by atoms with Crippen molar-refractivity contribution in [2.75, 3.05) is 6.54 Å². The number of carbonyl (C=O) groups excluding carboxylic acids is 4. The fourth-order valence-corrected chi connectivity index (χ4v) is 4.80. The molecule has 6 bridgehead atoms. The molecule has 5 atom stereocenters. The molecule has 0 aromatic heterocycles. The fourth-order valence-electron chi connectivity index (χ4n) is 4.80. The van der Waals surface area contributed by atoms with Gasteiger partial charge in [-0.15, -0.1) is 0 Å². The summed E-state index contributed by atoms with van der Waals surface area (Å²) in [6.07, 6.45) is -0.248. The second-order valence-corrected chi connectivity index (χ2v) is 10.8. The lowest BCUT2D eigenvalue weighted by molar-refractivity contribution is -0.157. The zero-order valence-electron chi connectivity index (χ0n) is 23.6. The molecule has 3 N–H and O–H groups in total. The number of ether oxygens (including phenoxy) is 2. The van der Waals surface area contributed by atoms with E-state index in [1.807, 2.05) is 57.2 Å². The molecule has 0 radical (unpaired) electrons. The molecular weight excluding hydrogens is 512 g/mol. The van der Waals surface area contributed by atoms with Crippen LogP contribution in [0.1, 0.15) is 59.1 Å². The zero-order valence-corrected chi connectivity index (χ0v) is 23.6. The Morgan fingerprint density at radius 3 is 2.27 bits per heavy atom. The Morgan fingerprint density at radius 2 is 1.57 bits per heavy atom. The Morgan fingerprint density at radius 1 is 0.850 bits per heavy atom. The molecule has 1 fully saturated rings. The van der Waals surface area contributed by atoms with Crippen molar-refractivity contribution in [3.05, 3.63) is 54.1 Å². The third kappa shape index (κ3) is 6.80. The quantitative estimate of drug-likeness (QED) is 0.368. The smallest absolute Gasteiger partial charge is 0.325 e. The summed E-state index contributed by atoms with van der Waals surface area (Å²) < 4.78 is 11.6. The minimum Gasteiger partial charge on any atom is -0.481 e. The van der Waals surface area contributed by atoms with Crippen molar-refractivity contribution < 1.29 is 28.7 Å². The molecule has 2 aromatic carbocycles. The third-order valence-electron chi connectivity index (χ3n) is 7.23. The van der Waals surface area contributed by atoms with Crippen molar-refractivity contribution in [3.63, 3.8) is 0 Å². The standard InChI is InChI=1S/C30H38N4O6/c1-17(2)26-28(36)31-18(3)29(37)34-15-7-10-25(33-34)30(38)40-19(4)22-8-6-9-23(16-22)21-11-13-24(14-12-21)39-20(5)27(35)32-26/h6,8-9,11-14,16-20,25-26,33H,7,10,15H2,1-5H3,(H,31,36)(H,32,35)/t18-,19+,20-,25?,26-/m0/s1. The van der Waals surface area contributed by atoms with E-state index >= 15 is 0 Å². The lowest BCUT2D eigenvalue weighted by Gasteiger charge is -2.35. The Hall–Kier alpha value is -3.92. The number of rotatable bonds is 1. The maximum absolute atomic E-state index is 13.2. The number of hydrogen-bond acceptors (Lipinski definition) is 7. The highest BCUT2D eigenvalue weighted by Gasteiger charge is 2.34. The highest BCUT2D eigenvalue weighted by Crippen LogP contribution is 2.27. The van der Waals surface area contributed by atoms with Crippen LogP contribution in [0, 0.1) is 5.92 Å². The lowest BCUT2D eigenvalue weighted by atomic mass is 10.0. The topological polar surface area (TPSA) is 126 Å². The van der Waals surface area contributed by atoms with Gasteiger partial charge in [-0.25, -0.2) is 5.43 Å². The van der Waals surface area contributed by atoms with E-state index in [9.17, 15) is 19.2 Å². The summed E-state index contributed by atoms with van der Waals surface area (Å²) in [5.74, 6) is -1.50. The average molecular weight is 551 g/mol. The first-order valence-electron chi connectivity index (χ1n) is 13.8. The molecule has 10 nitrogen and oxygen atoms in total. The van der Waals surface area contributed by atoms with Gasteiger partial charge in [0.25, 0.3) is 11.8 Å². The van der Waals surface area contributed by atoms with Gasteiger partial charge in [-0.2, -0.15) is 0 Å². The van der Waals surface area contributed by atoms with E-state index in [4.69, 9.17) is 9.47 Å². The number of fused-ring (bicyclic) bond motifs is 12. The molecule has 0 saturated carbocycles. The van der Waals surface area contributed by atoms with Gasteiger partial charge >= 0.3 is 5.97 Å². The Bertz CT molecular complexity index is 1250. The number of amides is 3. The van der Waals surface area contributed by atoms with E-state index in [0.29, 0.717) is 25.1 Å². The van der Waals surface area contributed by atoms with Crippen LogP contribution in [0.5, 0.6) is 5.75 Å². The normalized spacial score (nSPS) is 26.6. The number of esters is 1. The molecule has 2 aromatic rings. The second kappa shape index (κ2) is 12.5. The van der Waals surface area contributed by atoms with Crippen molar-refractivity contribution in [2.45, 2.75) is 77.8 Å². The van der Waals surface area contributed by atoms with Crippen molar-refractivity contribution in [3.8, 4) is 16.9 Å². The summed E-state index contributed by atoms with van der Waals surface area (Å²) in [4.78, 5) is 52.3. The molecule has 3 aliphatic heterocycles. The minimum atomic E-state index is -0.889. The van der Waals surface area contributed by atoms with Gasteiger partial charge in [0.1, 0.15) is 30.0 Å². The molecular formula is C30H38N4O6. The van der Waals surface area contributed by atoms with Gasteiger partial charge in [-0.1, -0.05) is 44.2 Å². The SMILES string of the molecule is CC(C)[C@@H]1NC(=O)[C@H](C)Oc2ccc(cc2)-c2cccc(c2)[C@@H](C)OC(=O)C2CCCN(N2)C(=O)[C@H](C)NC1=O. The van der Waals surface area contributed by atoms with Crippen LogP contribution in [0.4, 0.5) is 0 Å². The summed E-state index contributed by atoms with van der Waals surface area (Å²) in [5.41, 5.74) is 5.68. The number of nitrogens with one attached hydrogen (secondary N) is 3. The first-order chi connectivity index (χ1) is 19.0. The Labute approximate surface area is 234 Å². The fraction of sp³-hybridized carbons (Fsp3) is 0.467. The number of benzene rings is 2. The van der Waals surface area contributed by atoms with E-state index < -0.39 is 48.1 Å². The Kier molecular flexibility index (Phi) is 9.09. The molecule has 1 saturated heterocycles. The van der Waals surface area contributed by atoms with E-state index in [-0.39, 0.29) is 11.8 Å². The van der Waals surface area contributed by atoms with Gasteiger partial charge in [0.2, 0.25) is 5.91 Å². The van der Waals surface area contributed by atoms with Crippen molar-refractivity contribution in [1.29, 1.82) is 0 Å². The average Bonchev–Trinajstić information content (AvgIpc) is 2.95. The predicted octanol–water partition coefficient (Wildman–Crippen LogP) is 2.88. The third-order valence-corrected chi connectivity index (χ3v) is 7.23. The van der Waals surface area contributed by atoms with Gasteiger partial charge in [-0.05, 0) is 74.4 Å². The van der Waals surface area contributed by atoms with Crippen LogP contribution in [0.25, 0.3) is 11.1 Å². The second-order valence-electron chi connectivity index (χ2n) is 10.8. The van der Waals surface area contributed by atoms with Crippen LogP contribution in [-0.2, 0) is 23.9 Å². The summed E-state index contributed by atoms with van der Waals surface area (Å²) in [6, 6.07) is 12.6. The molecule has 0 spiro atoms. The first kappa shape index (κ1) is 29.1. The number of carbonyl (C=O) groups is 4. The maximum Gasteiger partial charge on any atom is 0.325 e. The van der Waals surface area contributed by atoms with Crippen LogP contribution in [0.15, 0.2) is 48.5 Å². The van der Waals surface area contributed by atoms with Crippen molar-refractivity contribution in [2.24, 2.45) is 5.92 Å². The number of hydrogen-bond donors (Lipinski definition) is 3. The zero-order chi connectivity index (χ0) is 29.0. The highest BCUT2D eigenvalue weighted by molar-refractivity contribution is 5.93. The van der Waals surface area contributed by atoms with Crippen LogP contribution in [-0.4, -0.2) is 59.5 Å². The van der Waals surface area contributed by atoms with Gasteiger partial charge < -0.3 is 20.1 Å². The van der Waals surface area contributed by atoms with Gasteiger partial charge in [0, 0.05) is 6.54 Å². The molecule has 5 rings (SSSR count). The number of hydrazine groups is 1. The van der Waals surface area contributed by atoms with Crippen molar-refractivity contribution >= 4 is 23.7 Å². The maximum atomic E-state index is 13.2. The molecule has 3 heterocycles. The van der Waals surface area contributed by atoms with E-state index in [0.717, 1.165) is 16.7 Å². The highest BCUT2D eigenvalue weighted by atomic mass is 16.5. The molecule has 3 amide bonds. The van der Waals surface area contributed by atoms with E-state index in [1.165, 1.54) is 5.01 Å². The predicted molar refractivity (Wildman–Crippen MR) is 149 cm³/mol. The molecule has 40 heavy (non-hydrogen) atoms. The van der Waals surface area contributed by atoms with Crippen molar-refractivity contribution in [1.82, 2.24) is 21.1 Å². The minimum absolute atomic E-state index is 0.242. The van der Waals surface area contributed by atoms with E-state index in [2.05, 4.69) is 16.1 Å². The molecule has 1 unspecified atom stereocenters. The van der Waals surface area contributed by atoms with E-state index in [1.54, 1.807) is 26.0 Å². The largest absolute Gasteiger partial charge is 0.481 e.